The van der Waals surface area contributed by atoms with Gasteiger partial charge < -0.3 is 18.5 Å². The van der Waals surface area contributed by atoms with Gasteiger partial charge in [-0.3, -0.25) is 4.79 Å². The average Bonchev–Trinajstić information content (AvgIpc) is 2.68. The highest BCUT2D eigenvalue weighted by atomic mass is 28.4. The van der Waals surface area contributed by atoms with E-state index in [0.717, 1.165) is 11.1 Å². The molecule has 32 heavy (non-hydrogen) atoms. The van der Waals surface area contributed by atoms with E-state index in [9.17, 15) is 9.59 Å². The van der Waals surface area contributed by atoms with Crippen molar-refractivity contribution in [3.63, 3.8) is 0 Å². The Morgan fingerprint density at radius 1 is 1.19 bits per heavy atom. The van der Waals surface area contributed by atoms with Gasteiger partial charge in [0.2, 0.25) is 5.43 Å². The van der Waals surface area contributed by atoms with Crippen LogP contribution in [-0.4, -0.2) is 39.2 Å². The number of pyridine rings is 1. The minimum Gasteiger partial charge on any atom is -0.496 e. The van der Waals surface area contributed by atoms with Crippen LogP contribution in [0.1, 0.15) is 63.5 Å². The van der Waals surface area contributed by atoms with E-state index in [1.165, 1.54) is 0 Å². The predicted molar refractivity (Wildman–Crippen MR) is 132 cm³/mol. The molecule has 0 saturated heterocycles. The van der Waals surface area contributed by atoms with Crippen molar-refractivity contribution < 1.29 is 18.7 Å². The van der Waals surface area contributed by atoms with Gasteiger partial charge in [0.05, 0.1) is 31.9 Å². The normalized spacial score (nSPS) is 13.5. The standard InChI is InChI=1S/C25H39NO5Si/c1-11-30-24(28)19-14-26(20-13-22(29-8)17(4)12-18(20)23(19)27)21(16(2)3)15-31-32(9,10)25(5,6)7/h12-14,16,21H,11,15H2,1-10H3/t21-/m1/s1. The van der Waals surface area contributed by atoms with Gasteiger partial charge in [0, 0.05) is 17.6 Å². The van der Waals surface area contributed by atoms with Gasteiger partial charge in [-0.1, -0.05) is 34.6 Å². The lowest BCUT2D eigenvalue weighted by Crippen LogP contribution is -2.42. The van der Waals surface area contributed by atoms with Crippen LogP contribution in [0, 0.1) is 12.8 Å². The van der Waals surface area contributed by atoms with Crippen LogP contribution in [0.2, 0.25) is 18.1 Å². The van der Waals surface area contributed by atoms with Gasteiger partial charge in [-0.15, -0.1) is 0 Å². The number of methoxy groups -OCH3 is 1. The van der Waals surface area contributed by atoms with Crippen molar-refractivity contribution in [3.05, 3.63) is 39.7 Å². The van der Waals surface area contributed by atoms with Crippen molar-refractivity contribution in [2.24, 2.45) is 5.92 Å². The number of fused-ring (bicyclic) bond motifs is 1. The Labute approximate surface area is 193 Å². The van der Waals surface area contributed by atoms with E-state index >= 15 is 0 Å². The molecule has 0 amide bonds. The quantitative estimate of drug-likeness (QED) is 0.372. The van der Waals surface area contributed by atoms with Gasteiger partial charge in [-0.25, -0.2) is 4.79 Å². The molecule has 0 spiro atoms. The van der Waals surface area contributed by atoms with Gasteiger partial charge in [0.15, 0.2) is 8.32 Å². The fourth-order valence-corrected chi connectivity index (χ4v) is 4.46. The highest BCUT2D eigenvalue weighted by Gasteiger charge is 2.38. The molecule has 0 aliphatic rings. The lowest BCUT2D eigenvalue weighted by atomic mass is 10.0. The fourth-order valence-electron chi connectivity index (χ4n) is 3.44. The first-order valence-corrected chi connectivity index (χ1v) is 14.2. The highest BCUT2D eigenvalue weighted by molar-refractivity contribution is 6.74. The molecule has 0 fully saturated rings. The number of nitrogens with zero attached hydrogens (tertiary/aromatic N) is 1. The summed E-state index contributed by atoms with van der Waals surface area (Å²) in [7, 11) is -0.376. The lowest BCUT2D eigenvalue weighted by molar-refractivity contribution is 0.0523. The molecular weight excluding hydrogens is 422 g/mol. The van der Waals surface area contributed by atoms with Gasteiger partial charge in [0.25, 0.3) is 0 Å². The molecule has 1 atom stereocenters. The van der Waals surface area contributed by atoms with Crippen molar-refractivity contribution in [1.82, 2.24) is 4.57 Å². The average molecular weight is 462 g/mol. The number of rotatable bonds is 8. The number of hydrogen-bond acceptors (Lipinski definition) is 5. The van der Waals surface area contributed by atoms with Gasteiger partial charge >= 0.3 is 5.97 Å². The van der Waals surface area contributed by atoms with Crippen molar-refractivity contribution in [3.8, 4) is 5.75 Å². The highest BCUT2D eigenvalue weighted by Crippen LogP contribution is 2.38. The molecule has 7 heteroatoms. The Morgan fingerprint density at radius 2 is 1.81 bits per heavy atom. The summed E-state index contributed by atoms with van der Waals surface area (Å²) in [5.74, 6) is 0.296. The Hall–Kier alpha value is -2.12. The topological polar surface area (TPSA) is 66.8 Å². The summed E-state index contributed by atoms with van der Waals surface area (Å²) >= 11 is 0. The smallest absolute Gasteiger partial charge is 0.343 e. The summed E-state index contributed by atoms with van der Waals surface area (Å²) < 4.78 is 19.3. The molecule has 0 saturated carbocycles. The zero-order valence-corrected chi connectivity index (χ0v) is 22.3. The Balaban J connectivity index is 2.74. The van der Waals surface area contributed by atoms with Gasteiger partial charge in [-0.05, 0) is 49.5 Å². The lowest BCUT2D eigenvalue weighted by Gasteiger charge is -2.38. The van der Waals surface area contributed by atoms with Crippen LogP contribution in [0.5, 0.6) is 5.75 Å². The number of aromatic nitrogens is 1. The maximum Gasteiger partial charge on any atom is 0.343 e. The van der Waals surface area contributed by atoms with Crippen molar-refractivity contribution in [1.29, 1.82) is 0 Å². The van der Waals surface area contributed by atoms with Crippen LogP contribution < -0.4 is 10.2 Å². The van der Waals surface area contributed by atoms with Crippen molar-refractivity contribution in [2.75, 3.05) is 20.3 Å². The Bertz CT molecular complexity index is 1030. The van der Waals surface area contributed by atoms with Crippen molar-refractivity contribution in [2.45, 2.75) is 72.6 Å². The zero-order valence-electron chi connectivity index (χ0n) is 21.3. The first kappa shape index (κ1) is 26.1. The summed E-state index contributed by atoms with van der Waals surface area (Å²) in [6.07, 6.45) is 1.64. The summed E-state index contributed by atoms with van der Waals surface area (Å²) in [6.45, 7) is 19.7. The second-order valence-corrected chi connectivity index (χ2v) is 15.0. The summed E-state index contributed by atoms with van der Waals surface area (Å²) in [6, 6.07) is 3.60. The van der Waals surface area contributed by atoms with Crippen LogP contribution in [0.25, 0.3) is 10.9 Å². The van der Waals surface area contributed by atoms with E-state index in [1.807, 2.05) is 17.6 Å². The second kappa shape index (κ2) is 9.79. The third-order valence-electron chi connectivity index (χ3n) is 6.59. The molecule has 0 aliphatic heterocycles. The second-order valence-electron chi connectivity index (χ2n) is 10.2. The minimum atomic E-state index is -1.99. The number of carbonyl (C=O) groups excluding carboxylic acids is 1. The molecule has 1 heterocycles. The molecule has 0 bridgehead atoms. The fraction of sp³-hybridized carbons (Fsp3) is 0.600. The number of ether oxygens (including phenoxy) is 2. The number of esters is 1. The Morgan fingerprint density at radius 3 is 2.31 bits per heavy atom. The van der Waals surface area contributed by atoms with E-state index in [1.54, 1.807) is 26.3 Å². The molecule has 0 N–H and O–H groups in total. The molecule has 0 unspecified atom stereocenters. The monoisotopic (exact) mass is 461 g/mol. The van der Waals surface area contributed by atoms with E-state index in [-0.39, 0.29) is 34.6 Å². The molecule has 1 aromatic carbocycles. The summed E-state index contributed by atoms with van der Waals surface area (Å²) in [5, 5.41) is 0.558. The first-order chi connectivity index (χ1) is 14.7. The van der Waals surface area contributed by atoms with E-state index in [4.69, 9.17) is 13.9 Å². The SMILES string of the molecule is CCOC(=O)c1cn([C@H](CO[Si](C)(C)C(C)(C)C)C(C)C)c2cc(OC)c(C)cc2c1=O. The molecular formula is C25H39NO5Si. The predicted octanol–water partition coefficient (Wildman–Crippen LogP) is 5.71. The molecule has 1 aromatic heterocycles. The number of benzene rings is 1. The number of carbonyl (C=O) groups is 1. The third kappa shape index (κ3) is 5.26. The molecule has 6 nitrogen and oxygen atoms in total. The van der Waals surface area contributed by atoms with E-state index in [0.29, 0.717) is 17.7 Å². The van der Waals surface area contributed by atoms with Crippen LogP contribution >= 0.6 is 0 Å². The minimum absolute atomic E-state index is 0.0434. The van der Waals surface area contributed by atoms with Gasteiger partial charge in [-0.2, -0.15) is 0 Å². The molecule has 2 rings (SSSR count). The van der Waals surface area contributed by atoms with Crippen LogP contribution in [0.4, 0.5) is 0 Å². The van der Waals surface area contributed by atoms with E-state index < -0.39 is 14.3 Å². The molecule has 178 valence electrons. The largest absolute Gasteiger partial charge is 0.496 e. The Kier molecular flexibility index (Phi) is 7.99. The number of hydrogen-bond donors (Lipinski definition) is 0. The molecule has 0 aliphatic carbocycles. The van der Waals surface area contributed by atoms with Crippen molar-refractivity contribution >= 4 is 25.2 Å². The zero-order chi connectivity index (χ0) is 24.4. The van der Waals surface area contributed by atoms with E-state index in [2.05, 4.69) is 47.7 Å². The summed E-state index contributed by atoms with van der Waals surface area (Å²) in [5.41, 5.74) is 1.28. The first-order valence-electron chi connectivity index (χ1n) is 11.3. The summed E-state index contributed by atoms with van der Waals surface area (Å²) in [4.78, 5) is 25.8. The van der Waals surface area contributed by atoms with Crippen LogP contribution in [0.15, 0.2) is 23.1 Å². The maximum absolute atomic E-state index is 13.2. The third-order valence-corrected chi connectivity index (χ3v) is 11.1. The van der Waals surface area contributed by atoms with Crippen LogP contribution in [0.3, 0.4) is 0 Å². The number of aryl methyl sites for hydroxylation is 1. The maximum atomic E-state index is 13.2. The molecule has 2 aromatic rings. The molecule has 0 radical (unpaired) electrons. The van der Waals surface area contributed by atoms with Gasteiger partial charge in [0.1, 0.15) is 11.3 Å². The van der Waals surface area contributed by atoms with Crippen LogP contribution in [-0.2, 0) is 9.16 Å².